The Hall–Kier alpha value is -2.93. The molecule has 0 bridgehead atoms. The fourth-order valence-corrected chi connectivity index (χ4v) is 3.69. The van der Waals surface area contributed by atoms with Gasteiger partial charge in [0.05, 0.1) is 0 Å². The van der Waals surface area contributed by atoms with Gasteiger partial charge in [0.25, 0.3) is 5.79 Å². The zero-order chi connectivity index (χ0) is 23.0. The Labute approximate surface area is 181 Å². The highest BCUT2D eigenvalue weighted by molar-refractivity contribution is 6.07. The Morgan fingerprint density at radius 1 is 1.10 bits per heavy atom. The van der Waals surface area contributed by atoms with Crippen LogP contribution in [0.2, 0.25) is 0 Å². The Morgan fingerprint density at radius 3 is 2.32 bits per heavy atom. The predicted octanol–water partition coefficient (Wildman–Crippen LogP) is 3.58. The first kappa shape index (κ1) is 22.7. The second-order valence-corrected chi connectivity index (χ2v) is 8.33. The summed E-state index contributed by atoms with van der Waals surface area (Å²) >= 11 is 0. The smallest absolute Gasteiger partial charge is 0.301 e. The van der Waals surface area contributed by atoms with Crippen LogP contribution < -0.4 is 4.74 Å². The fraction of sp³-hybridized carbons (Fsp3) is 0.320. The van der Waals surface area contributed by atoms with Crippen LogP contribution in [0.4, 0.5) is 0 Å². The number of aromatic hydroxyl groups is 1. The summed E-state index contributed by atoms with van der Waals surface area (Å²) in [7, 11) is 0. The number of rotatable bonds is 6. The Balaban J connectivity index is 2.13. The average Bonchev–Trinajstić information content (AvgIpc) is 2.71. The highest BCUT2D eigenvalue weighted by Gasteiger charge is 2.62. The third-order valence-electron chi connectivity index (χ3n) is 5.62. The normalized spacial score (nSPS) is 20.4. The zero-order valence-electron chi connectivity index (χ0n) is 17.9. The number of phenolic OH excluding ortho intramolecular Hbond substituents is 1. The molecular formula is C25H28O6. The fourth-order valence-electron chi connectivity index (χ4n) is 3.69. The third kappa shape index (κ3) is 4.02. The van der Waals surface area contributed by atoms with Gasteiger partial charge in [-0.15, -0.1) is 0 Å². The second-order valence-electron chi connectivity index (χ2n) is 8.33. The Kier molecular flexibility index (Phi) is 6.09. The lowest BCUT2D eigenvalue weighted by Gasteiger charge is -2.42. The standard InChI is InChI=1S/C25H28O6/c1-15(2)10-11-17(16(3)4)14-18-12-13-20(26)21-22(18)31-25(30,24(28,29)23(21)27)19-8-6-5-7-9-19/h5-10,12-13,17,26,28-30H,3,11,14H2,1-2,4H3. The molecule has 0 saturated carbocycles. The van der Waals surface area contributed by atoms with E-state index in [0.717, 1.165) is 11.1 Å². The topological polar surface area (TPSA) is 107 Å². The van der Waals surface area contributed by atoms with E-state index in [1.54, 1.807) is 24.3 Å². The first-order valence-electron chi connectivity index (χ1n) is 10.1. The van der Waals surface area contributed by atoms with Crippen LogP contribution in [0.1, 0.15) is 48.7 Å². The van der Waals surface area contributed by atoms with E-state index in [9.17, 15) is 25.2 Å². The van der Waals surface area contributed by atoms with Gasteiger partial charge in [0, 0.05) is 5.56 Å². The average molecular weight is 424 g/mol. The van der Waals surface area contributed by atoms with Crippen molar-refractivity contribution in [3.05, 3.63) is 83.0 Å². The second kappa shape index (κ2) is 8.30. The van der Waals surface area contributed by atoms with E-state index in [1.165, 1.54) is 18.2 Å². The number of phenols is 1. The summed E-state index contributed by atoms with van der Waals surface area (Å²) in [4.78, 5) is 13.0. The molecule has 0 spiro atoms. The summed E-state index contributed by atoms with van der Waals surface area (Å²) in [5, 5.41) is 42.7. The number of carbonyl (C=O) groups excluding carboxylic acids is 1. The van der Waals surface area contributed by atoms with Gasteiger partial charge in [-0.25, -0.2) is 0 Å². The zero-order valence-corrected chi connectivity index (χ0v) is 17.9. The summed E-state index contributed by atoms with van der Waals surface area (Å²) in [6, 6.07) is 10.6. The number of fused-ring (bicyclic) bond motifs is 1. The van der Waals surface area contributed by atoms with Gasteiger partial charge in [0.15, 0.2) is 0 Å². The number of allylic oxidation sites excluding steroid dienone is 3. The number of ketones is 1. The monoisotopic (exact) mass is 424 g/mol. The summed E-state index contributed by atoms with van der Waals surface area (Å²) in [6.45, 7) is 9.97. The van der Waals surface area contributed by atoms with E-state index < -0.39 is 23.1 Å². The Bertz CT molecular complexity index is 1030. The molecule has 1 heterocycles. The molecule has 31 heavy (non-hydrogen) atoms. The third-order valence-corrected chi connectivity index (χ3v) is 5.62. The number of hydrogen-bond donors (Lipinski definition) is 4. The van der Waals surface area contributed by atoms with Crippen LogP contribution in [0.5, 0.6) is 11.5 Å². The highest BCUT2D eigenvalue weighted by atomic mass is 16.7. The number of aliphatic hydroxyl groups is 3. The lowest BCUT2D eigenvalue weighted by molar-refractivity contribution is -0.328. The molecule has 6 nitrogen and oxygen atoms in total. The van der Waals surface area contributed by atoms with Crippen molar-refractivity contribution in [3.8, 4) is 11.5 Å². The molecule has 0 aliphatic carbocycles. The van der Waals surface area contributed by atoms with Gasteiger partial charge in [-0.05, 0) is 51.2 Å². The van der Waals surface area contributed by atoms with E-state index in [-0.39, 0.29) is 22.8 Å². The quantitative estimate of drug-likeness (QED) is 0.417. The highest BCUT2D eigenvalue weighted by Crippen LogP contribution is 2.48. The lowest BCUT2D eigenvalue weighted by atomic mass is 9.83. The van der Waals surface area contributed by atoms with Crippen molar-refractivity contribution >= 4 is 5.78 Å². The predicted molar refractivity (Wildman–Crippen MR) is 117 cm³/mol. The maximum Gasteiger partial charge on any atom is 0.301 e. The maximum absolute atomic E-state index is 13.0. The van der Waals surface area contributed by atoms with E-state index in [2.05, 4.69) is 12.7 Å². The molecule has 2 aromatic carbocycles. The van der Waals surface area contributed by atoms with E-state index in [4.69, 9.17) is 4.74 Å². The van der Waals surface area contributed by atoms with E-state index in [0.29, 0.717) is 18.4 Å². The van der Waals surface area contributed by atoms with Crippen LogP contribution in [-0.2, 0) is 12.2 Å². The van der Waals surface area contributed by atoms with Gasteiger partial charge in [0.2, 0.25) is 5.78 Å². The molecule has 4 N–H and O–H groups in total. The van der Waals surface area contributed by atoms with Gasteiger partial charge < -0.3 is 25.2 Å². The van der Waals surface area contributed by atoms with Crippen molar-refractivity contribution in [2.45, 2.75) is 45.2 Å². The van der Waals surface area contributed by atoms with Crippen molar-refractivity contribution in [1.82, 2.24) is 0 Å². The first-order valence-corrected chi connectivity index (χ1v) is 10.1. The number of Topliss-reactive ketones (excluding diaryl/α,β-unsaturated/α-hetero) is 1. The SMILES string of the molecule is C=C(C)C(CC=C(C)C)Cc1ccc(O)c2c1OC(O)(c1ccccc1)C(O)(O)C2=O. The van der Waals surface area contributed by atoms with Crippen LogP contribution >= 0.6 is 0 Å². The molecule has 0 radical (unpaired) electrons. The van der Waals surface area contributed by atoms with Crippen molar-refractivity contribution in [1.29, 1.82) is 0 Å². The molecule has 3 rings (SSSR count). The lowest BCUT2D eigenvalue weighted by Crippen LogP contribution is -2.63. The van der Waals surface area contributed by atoms with Crippen molar-refractivity contribution < 1.29 is 30.0 Å². The molecule has 2 atom stereocenters. The molecule has 0 amide bonds. The number of benzene rings is 2. The molecule has 1 aliphatic heterocycles. The minimum Gasteiger partial charge on any atom is -0.507 e. The summed E-state index contributed by atoms with van der Waals surface area (Å²) in [5.41, 5.74) is 2.26. The van der Waals surface area contributed by atoms with Crippen LogP contribution in [0.15, 0.2) is 66.3 Å². The van der Waals surface area contributed by atoms with Crippen LogP contribution in [0, 0.1) is 5.92 Å². The van der Waals surface area contributed by atoms with Gasteiger partial charge in [-0.2, -0.15) is 0 Å². The molecule has 164 valence electrons. The van der Waals surface area contributed by atoms with Gasteiger partial charge in [0.1, 0.15) is 17.1 Å². The van der Waals surface area contributed by atoms with Gasteiger partial charge >= 0.3 is 5.79 Å². The van der Waals surface area contributed by atoms with Crippen molar-refractivity contribution in [3.63, 3.8) is 0 Å². The molecule has 6 heteroatoms. The van der Waals surface area contributed by atoms with Crippen molar-refractivity contribution in [2.24, 2.45) is 5.92 Å². The summed E-state index contributed by atoms with van der Waals surface area (Å²) in [6.07, 6.45) is 3.23. The number of hydrogen-bond acceptors (Lipinski definition) is 6. The van der Waals surface area contributed by atoms with Crippen molar-refractivity contribution in [2.75, 3.05) is 0 Å². The largest absolute Gasteiger partial charge is 0.507 e. The summed E-state index contributed by atoms with van der Waals surface area (Å²) in [5.74, 6) is -7.80. The van der Waals surface area contributed by atoms with Crippen LogP contribution in [-0.4, -0.2) is 32.0 Å². The van der Waals surface area contributed by atoms with E-state index in [1.807, 2.05) is 20.8 Å². The van der Waals surface area contributed by atoms with Crippen LogP contribution in [0.25, 0.3) is 0 Å². The molecule has 0 fully saturated rings. The van der Waals surface area contributed by atoms with Crippen LogP contribution in [0.3, 0.4) is 0 Å². The van der Waals surface area contributed by atoms with Gasteiger partial charge in [-0.3, -0.25) is 4.79 Å². The Morgan fingerprint density at radius 2 is 1.74 bits per heavy atom. The van der Waals surface area contributed by atoms with Gasteiger partial charge in [-0.1, -0.05) is 60.2 Å². The summed E-state index contributed by atoms with van der Waals surface area (Å²) < 4.78 is 5.74. The molecule has 2 unspecified atom stereocenters. The minimum absolute atomic E-state index is 0.00529. The van der Waals surface area contributed by atoms with E-state index >= 15 is 0 Å². The number of carbonyl (C=O) groups is 1. The molecule has 0 saturated heterocycles. The molecule has 0 aromatic heterocycles. The molecule has 2 aromatic rings. The maximum atomic E-state index is 13.0. The minimum atomic E-state index is -3.30. The molecule has 1 aliphatic rings. The number of ether oxygens (including phenoxy) is 1. The molecular weight excluding hydrogens is 396 g/mol. The first-order chi connectivity index (χ1) is 14.5.